The van der Waals surface area contributed by atoms with E-state index in [9.17, 15) is 13.2 Å². The van der Waals surface area contributed by atoms with Crippen LogP contribution in [0.4, 0.5) is 5.69 Å². The van der Waals surface area contributed by atoms with E-state index in [2.05, 4.69) is 14.9 Å². The minimum atomic E-state index is -3.85. The summed E-state index contributed by atoms with van der Waals surface area (Å²) in [6, 6.07) is 20.5. The van der Waals surface area contributed by atoms with Crippen LogP contribution in [0.3, 0.4) is 0 Å². The smallest absolute Gasteiger partial charge is 0.261 e. The average Bonchev–Trinajstić information content (AvgIpc) is 2.78. The lowest BCUT2D eigenvalue weighted by Crippen LogP contribution is -2.23. The molecule has 0 aliphatic carbocycles. The van der Waals surface area contributed by atoms with Crippen LogP contribution < -0.4 is 14.8 Å². The molecule has 0 aliphatic rings. The highest BCUT2D eigenvalue weighted by atomic mass is 32.2. The number of nitrogens with one attached hydrogen (secondary N) is 2. The van der Waals surface area contributed by atoms with Gasteiger partial charge in [0, 0.05) is 24.3 Å². The number of hydrogen-bond donors (Lipinski definition) is 2. The van der Waals surface area contributed by atoms with Crippen molar-refractivity contribution in [2.75, 3.05) is 25.9 Å². The highest BCUT2D eigenvalue weighted by Crippen LogP contribution is 2.20. The summed E-state index contributed by atoms with van der Waals surface area (Å²) in [6.45, 7) is 1.20. The third-order valence-electron chi connectivity index (χ3n) is 4.72. The predicted molar refractivity (Wildman–Crippen MR) is 125 cm³/mol. The molecule has 168 valence electrons. The first-order chi connectivity index (χ1) is 15.3. The molecule has 0 saturated carbocycles. The molecule has 32 heavy (non-hydrogen) atoms. The van der Waals surface area contributed by atoms with E-state index < -0.39 is 10.0 Å². The minimum Gasteiger partial charge on any atom is -0.497 e. The van der Waals surface area contributed by atoms with Gasteiger partial charge in [0.05, 0.1) is 12.0 Å². The van der Waals surface area contributed by atoms with Crippen LogP contribution >= 0.6 is 0 Å². The first-order valence-corrected chi connectivity index (χ1v) is 11.5. The van der Waals surface area contributed by atoms with E-state index in [0.29, 0.717) is 18.0 Å². The van der Waals surface area contributed by atoms with Crippen molar-refractivity contribution in [3.05, 3.63) is 89.5 Å². The van der Waals surface area contributed by atoms with E-state index in [0.717, 1.165) is 12.1 Å². The van der Waals surface area contributed by atoms with Crippen molar-refractivity contribution in [1.29, 1.82) is 0 Å². The lowest BCUT2D eigenvalue weighted by atomic mass is 10.1. The molecule has 3 aromatic carbocycles. The molecule has 0 atom stereocenters. The van der Waals surface area contributed by atoms with Crippen LogP contribution in [0.5, 0.6) is 5.75 Å². The quantitative estimate of drug-likeness (QED) is 0.518. The van der Waals surface area contributed by atoms with Gasteiger partial charge < -0.3 is 15.0 Å². The van der Waals surface area contributed by atoms with Gasteiger partial charge in [0.2, 0.25) is 0 Å². The largest absolute Gasteiger partial charge is 0.497 e. The number of hydrogen-bond acceptors (Lipinski definition) is 5. The lowest BCUT2D eigenvalue weighted by molar-refractivity contribution is 0.0950. The van der Waals surface area contributed by atoms with Gasteiger partial charge in [0.1, 0.15) is 5.75 Å². The number of amides is 1. The van der Waals surface area contributed by atoms with Gasteiger partial charge in [-0.1, -0.05) is 30.3 Å². The summed E-state index contributed by atoms with van der Waals surface area (Å²) in [5.74, 6) is 0.280. The number of benzene rings is 3. The summed E-state index contributed by atoms with van der Waals surface area (Å²) in [5.41, 5.74) is 2.82. The Hall–Kier alpha value is -3.36. The fourth-order valence-corrected chi connectivity index (χ4v) is 4.19. The molecule has 0 unspecified atom stereocenters. The fourth-order valence-electron chi connectivity index (χ4n) is 3.09. The Bertz CT molecular complexity index is 1160. The van der Waals surface area contributed by atoms with Gasteiger partial charge in [-0.15, -0.1) is 0 Å². The van der Waals surface area contributed by atoms with E-state index in [4.69, 9.17) is 4.74 Å². The topological polar surface area (TPSA) is 87.7 Å². The second kappa shape index (κ2) is 10.3. The maximum Gasteiger partial charge on any atom is 0.261 e. The first kappa shape index (κ1) is 23.3. The van der Waals surface area contributed by atoms with Crippen LogP contribution in [0.15, 0.2) is 77.7 Å². The number of carbonyl (C=O) groups is 1. The number of methoxy groups -OCH3 is 1. The summed E-state index contributed by atoms with van der Waals surface area (Å²) in [5, 5.41) is 2.84. The van der Waals surface area contributed by atoms with Gasteiger partial charge in [-0.3, -0.25) is 9.52 Å². The van der Waals surface area contributed by atoms with Gasteiger partial charge in [0.25, 0.3) is 15.9 Å². The number of anilines is 1. The first-order valence-electron chi connectivity index (χ1n) is 10.0. The fraction of sp³-hybridized carbons (Fsp3) is 0.208. The van der Waals surface area contributed by atoms with Crippen LogP contribution in [0, 0.1) is 0 Å². The number of carbonyl (C=O) groups excluding carboxylic acids is 1. The SMILES string of the molecule is COc1ccc(NS(=O)(=O)c2cccc(C(=O)NCc3ccc(CN(C)C)cc3)c2)cc1. The second-order valence-corrected chi connectivity index (χ2v) is 9.28. The van der Waals surface area contributed by atoms with Crippen molar-refractivity contribution in [3.63, 3.8) is 0 Å². The summed E-state index contributed by atoms with van der Waals surface area (Å²) >= 11 is 0. The van der Waals surface area contributed by atoms with E-state index in [1.807, 2.05) is 38.4 Å². The molecule has 0 spiro atoms. The molecule has 2 N–H and O–H groups in total. The molecule has 0 aromatic heterocycles. The van der Waals surface area contributed by atoms with Crippen molar-refractivity contribution >= 4 is 21.6 Å². The Balaban J connectivity index is 1.65. The average molecular weight is 454 g/mol. The van der Waals surface area contributed by atoms with Gasteiger partial charge in [-0.25, -0.2) is 8.42 Å². The lowest BCUT2D eigenvalue weighted by Gasteiger charge is -2.11. The monoisotopic (exact) mass is 453 g/mol. The molecule has 8 heteroatoms. The normalized spacial score (nSPS) is 11.2. The van der Waals surface area contributed by atoms with Crippen molar-refractivity contribution in [3.8, 4) is 5.75 Å². The van der Waals surface area contributed by atoms with Crippen molar-refractivity contribution in [1.82, 2.24) is 10.2 Å². The summed E-state index contributed by atoms with van der Waals surface area (Å²) in [4.78, 5) is 14.7. The maximum absolute atomic E-state index is 12.7. The van der Waals surface area contributed by atoms with E-state index >= 15 is 0 Å². The molecular formula is C24H27N3O4S. The molecule has 3 rings (SSSR count). The third kappa shape index (κ3) is 6.32. The van der Waals surface area contributed by atoms with Crippen LogP contribution in [0.1, 0.15) is 21.5 Å². The number of nitrogens with zero attached hydrogens (tertiary/aromatic N) is 1. The zero-order valence-corrected chi connectivity index (χ0v) is 19.1. The van der Waals surface area contributed by atoms with Gasteiger partial charge in [-0.2, -0.15) is 0 Å². The van der Waals surface area contributed by atoms with E-state index in [-0.39, 0.29) is 16.4 Å². The van der Waals surface area contributed by atoms with Crippen LogP contribution in [-0.4, -0.2) is 40.4 Å². The highest BCUT2D eigenvalue weighted by molar-refractivity contribution is 7.92. The van der Waals surface area contributed by atoms with Crippen molar-refractivity contribution in [2.45, 2.75) is 18.0 Å². The Morgan fingerprint density at radius 1 is 0.938 bits per heavy atom. The molecule has 0 heterocycles. The molecule has 0 aliphatic heterocycles. The second-order valence-electron chi connectivity index (χ2n) is 7.60. The highest BCUT2D eigenvalue weighted by Gasteiger charge is 2.16. The number of sulfonamides is 1. The zero-order chi connectivity index (χ0) is 23.1. The molecule has 0 saturated heterocycles. The van der Waals surface area contributed by atoms with Crippen molar-refractivity contribution in [2.24, 2.45) is 0 Å². The molecule has 0 fully saturated rings. The van der Waals surface area contributed by atoms with Gasteiger partial charge >= 0.3 is 0 Å². The van der Waals surface area contributed by atoms with Gasteiger partial charge in [0.15, 0.2) is 0 Å². The van der Waals surface area contributed by atoms with E-state index in [1.54, 1.807) is 36.4 Å². The predicted octanol–water partition coefficient (Wildman–Crippen LogP) is 3.49. The number of ether oxygens (including phenoxy) is 1. The third-order valence-corrected chi connectivity index (χ3v) is 6.10. The molecule has 7 nitrogen and oxygen atoms in total. The van der Waals surface area contributed by atoms with Crippen LogP contribution in [0.2, 0.25) is 0 Å². The summed E-state index contributed by atoms with van der Waals surface area (Å²) in [6.07, 6.45) is 0. The summed E-state index contributed by atoms with van der Waals surface area (Å²) in [7, 11) is 1.71. The maximum atomic E-state index is 12.7. The Morgan fingerprint density at radius 2 is 1.59 bits per heavy atom. The van der Waals surface area contributed by atoms with Crippen LogP contribution in [0.25, 0.3) is 0 Å². The standard InChI is InChI=1S/C24H27N3O4S/c1-27(2)17-19-9-7-18(8-10-19)16-25-24(28)20-5-4-6-23(15-20)32(29,30)26-21-11-13-22(31-3)14-12-21/h4-15,26H,16-17H2,1-3H3,(H,25,28). The van der Waals surface area contributed by atoms with Crippen LogP contribution in [-0.2, 0) is 23.1 Å². The zero-order valence-electron chi connectivity index (χ0n) is 18.3. The molecule has 3 aromatic rings. The number of rotatable bonds is 9. The molecular weight excluding hydrogens is 426 g/mol. The molecule has 0 bridgehead atoms. The molecule has 0 radical (unpaired) electrons. The Kier molecular flexibility index (Phi) is 7.50. The molecule has 1 amide bonds. The van der Waals surface area contributed by atoms with Gasteiger partial charge in [-0.05, 0) is 67.7 Å². The Labute approximate surface area is 189 Å². The van der Waals surface area contributed by atoms with E-state index in [1.165, 1.54) is 24.8 Å². The minimum absolute atomic E-state index is 0.00834. The Morgan fingerprint density at radius 3 is 2.22 bits per heavy atom. The summed E-state index contributed by atoms with van der Waals surface area (Å²) < 4.78 is 33.1. The van der Waals surface area contributed by atoms with Crippen molar-refractivity contribution < 1.29 is 17.9 Å².